The first-order valence-corrected chi connectivity index (χ1v) is 15.3. The summed E-state index contributed by atoms with van der Waals surface area (Å²) in [7, 11) is 1.46. The molecule has 0 saturated carbocycles. The third-order valence-electron chi connectivity index (χ3n) is 8.41. The molecule has 2 aromatic rings. The number of allylic oxidation sites excluding steroid dienone is 1. The van der Waals surface area contributed by atoms with Crippen molar-refractivity contribution in [2.24, 2.45) is 5.41 Å². The van der Waals surface area contributed by atoms with Crippen LogP contribution in [0.1, 0.15) is 92.6 Å². The number of benzene rings is 2. The summed E-state index contributed by atoms with van der Waals surface area (Å²) in [5.74, 6) is -0.690. The molecular weight excluding hydrogens is 646 g/mol. The fourth-order valence-corrected chi connectivity index (χ4v) is 6.04. The lowest BCUT2D eigenvalue weighted by atomic mass is 9.72. The van der Waals surface area contributed by atoms with Crippen LogP contribution < -0.4 is 10.1 Å². The fraction of sp³-hybridized carbons (Fsp3) is 0.500. The minimum Gasteiger partial charge on any atom is -0.496 e. The van der Waals surface area contributed by atoms with E-state index < -0.39 is 59.2 Å². The summed E-state index contributed by atoms with van der Waals surface area (Å²) in [6.07, 6.45) is -11.0. The van der Waals surface area contributed by atoms with Crippen LogP contribution in [0.5, 0.6) is 5.75 Å². The molecule has 2 atom stereocenters. The number of amides is 2. The van der Waals surface area contributed by atoms with Gasteiger partial charge in [-0.1, -0.05) is 13.8 Å². The molecule has 0 radical (unpaired) electrons. The summed E-state index contributed by atoms with van der Waals surface area (Å²) in [6.45, 7) is 8.59. The van der Waals surface area contributed by atoms with E-state index in [0.717, 1.165) is 17.6 Å². The molecule has 1 heterocycles. The summed E-state index contributed by atoms with van der Waals surface area (Å²) in [5, 5.41) is 2.53. The third-order valence-corrected chi connectivity index (χ3v) is 8.41. The average Bonchev–Trinajstić information content (AvgIpc) is 3.26. The SMILES string of the molecule is COc1ccc(C(=O)NCC(=O)OC(C)C)cc1C1=C(CN2C(=O)O[C@H](c3cc(C(F)(F)F)cc(C(F)(F)F)c3)[C@@H]2C)CC(C)(C)CC1. The van der Waals surface area contributed by atoms with E-state index in [9.17, 15) is 40.7 Å². The number of hydrogen-bond donors (Lipinski definition) is 1. The monoisotopic (exact) mass is 684 g/mol. The number of cyclic esters (lactones) is 1. The number of carbonyl (C=O) groups is 3. The highest BCUT2D eigenvalue weighted by Crippen LogP contribution is 2.46. The van der Waals surface area contributed by atoms with Gasteiger partial charge >= 0.3 is 24.4 Å². The smallest absolute Gasteiger partial charge is 0.416 e. The molecule has 2 aliphatic rings. The van der Waals surface area contributed by atoms with Crippen LogP contribution in [0, 0.1) is 5.41 Å². The van der Waals surface area contributed by atoms with Gasteiger partial charge in [0.25, 0.3) is 5.91 Å². The van der Waals surface area contributed by atoms with Gasteiger partial charge in [0.15, 0.2) is 0 Å². The van der Waals surface area contributed by atoms with Crippen molar-refractivity contribution in [3.63, 3.8) is 0 Å². The zero-order valence-corrected chi connectivity index (χ0v) is 27.4. The molecule has 0 bridgehead atoms. The van der Waals surface area contributed by atoms with Gasteiger partial charge in [-0.2, -0.15) is 26.3 Å². The number of nitrogens with one attached hydrogen (secondary N) is 1. The van der Waals surface area contributed by atoms with E-state index >= 15 is 0 Å². The van der Waals surface area contributed by atoms with Crippen molar-refractivity contribution in [1.29, 1.82) is 0 Å². The van der Waals surface area contributed by atoms with Crippen LogP contribution in [-0.2, 0) is 26.6 Å². The van der Waals surface area contributed by atoms with Gasteiger partial charge in [0.1, 0.15) is 18.4 Å². The third kappa shape index (κ3) is 8.43. The number of methoxy groups -OCH3 is 1. The minimum atomic E-state index is -5.06. The molecular formula is C34H38F6N2O6. The lowest BCUT2D eigenvalue weighted by Crippen LogP contribution is -2.35. The van der Waals surface area contributed by atoms with Crippen LogP contribution in [0.4, 0.5) is 31.1 Å². The van der Waals surface area contributed by atoms with E-state index in [1.807, 2.05) is 13.8 Å². The maximum Gasteiger partial charge on any atom is 0.416 e. The van der Waals surface area contributed by atoms with Crippen LogP contribution in [-0.4, -0.2) is 55.2 Å². The Morgan fingerprint density at radius 1 is 1.04 bits per heavy atom. The Bertz CT molecular complexity index is 1570. The van der Waals surface area contributed by atoms with Crippen molar-refractivity contribution in [1.82, 2.24) is 10.2 Å². The van der Waals surface area contributed by atoms with Crippen molar-refractivity contribution in [3.05, 3.63) is 69.8 Å². The number of nitrogens with zero attached hydrogens (tertiary/aromatic N) is 1. The van der Waals surface area contributed by atoms with E-state index in [2.05, 4.69) is 5.32 Å². The molecule has 2 aromatic carbocycles. The zero-order chi connectivity index (χ0) is 35.8. The molecule has 0 aromatic heterocycles. The molecule has 1 aliphatic heterocycles. The predicted molar refractivity (Wildman–Crippen MR) is 163 cm³/mol. The molecule has 1 N–H and O–H groups in total. The molecule has 1 saturated heterocycles. The van der Waals surface area contributed by atoms with Gasteiger partial charge in [-0.25, -0.2) is 4.79 Å². The van der Waals surface area contributed by atoms with Gasteiger partial charge in [-0.3, -0.25) is 14.5 Å². The van der Waals surface area contributed by atoms with Gasteiger partial charge in [0, 0.05) is 17.7 Å². The van der Waals surface area contributed by atoms with Crippen molar-refractivity contribution in [2.75, 3.05) is 20.2 Å². The van der Waals surface area contributed by atoms with Gasteiger partial charge in [-0.05, 0) is 98.6 Å². The second kappa shape index (κ2) is 13.7. The van der Waals surface area contributed by atoms with E-state index in [-0.39, 0.29) is 36.2 Å². The Morgan fingerprint density at radius 2 is 1.67 bits per heavy atom. The Morgan fingerprint density at radius 3 is 2.23 bits per heavy atom. The summed E-state index contributed by atoms with van der Waals surface area (Å²) < 4.78 is 97.5. The van der Waals surface area contributed by atoms with Crippen LogP contribution in [0.2, 0.25) is 0 Å². The number of ether oxygens (including phenoxy) is 3. The van der Waals surface area contributed by atoms with Gasteiger partial charge < -0.3 is 19.5 Å². The minimum absolute atomic E-state index is 0.0268. The van der Waals surface area contributed by atoms with Gasteiger partial charge in [0.2, 0.25) is 0 Å². The van der Waals surface area contributed by atoms with Gasteiger partial charge in [-0.15, -0.1) is 0 Å². The number of hydrogen-bond acceptors (Lipinski definition) is 6. The van der Waals surface area contributed by atoms with Gasteiger partial charge in [0.05, 0.1) is 30.4 Å². The molecule has 0 spiro atoms. The van der Waals surface area contributed by atoms with Crippen LogP contribution in [0.3, 0.4) is 0 Å². The second-order valence-electron chi connectivity index (χ2n) is 13.1. The first-order valence-electron chi connectivity index (χ1n) is 15.3. The normalized spacial score (nSPS) is 19.8. The standard InChI is InChI=1S/C34H38F6N2O6/c1-18(2)47-28(43)16-41-30(44)20-7-8-27(46-6)26(13-20)25-9-10-32(4,5)15-22(25)17-42-19(3)29(48-31(42)45)21-11-23(33(35,36)37)14-24(12-21)34(38,39)40/h7-8,11-14,18-19,29H,9-10,15-17H2,1-6H3,(H,41,44)/t19-,29-/m0/s1. The van der Waals surface area contributed by atoms with Crippen LogP contribution in [0.25, 0.3) is 5.57 Å². The molecule has 48 heavy (non-hydrogen) atoms. The average molecular weight is 685 g/mol. The highest BCUT2D eigenvalue weighted by molar-refractivity contribution is 5.97. The highest BCUT2D eigenvalue weighted by Gasteiger charge is 2.44. The zero-order valence-electron chi connectivity index (χ0n) is 27.4. The quantitative estimate of drug-likeness (QED) is 0.213. The highest BCUT2D eigenvalue weighted by atomic mass is 19.4. The first kappa shape index (κ1) is 36.6. The van der Waals surface area contributed by atoms with Crippen molar-refractivity contribution < 1.29 is 54.9 Å². The largest absolute Gasteiger partial charge is 0.496 e. The number of esters is 1. The van der Waals surface area contributed by atoms with E-state index in [1.54, 1.807) is 26.0 Å². The number of carbonyl (C=O) groups excluding carboxylic acids is 3. The molecule has 14 heteroatoms. The Kier molecular flexibility index (Phi) is 10.5. The van der Waals surface area contributed by atoms with Crippen LogP contribution >= 0.6 is 0 Å². The predicted octanol–water partition coefficient (Wildman–Crippen LogP) is 7.96. The van der Waals surface area contributed by atoms with Crippen molar-refractivity contribution >= 4 is 23.5 Å². The number of rotatable bonds is 9. The molecule has 8 nitrogen and oxygen atoms in total. The molecule has 1 aliphatic carbocycles. The van der Waals surface area contributed by atoms with Crippen molar-refractivity contribution in [3.8, 4) is 5.75 Å². The number of alkyl halides is 6. The Hall–Kier alpha value is -4.23. The van der Waals surface area contributed by atoms with E-state index in [0.29, 0.717) is 36.3 Å². The summed E-state index contributed by atoms with van der Waals surface area (Å²) in [4.78, 5) is 39.4. The van der Waals surface area contributed by atoms with Crippen LogP contribution in [0.15, 0.2) is 42.0 Å². The van der Waals surface area contributed by atoms with E-state index in [4.69, 9.17) is 14.2 Å². The topological polar surface area (TPSA) is 94.2 Å². The lowest BCUT2D eigenvalue weighted by Gasteiger charge is -2.36. The molecule has 262 valence electrons. The summed E-state index contributed by atoms with van der Waals surface area (Å²) >= 11 is 0. The Labute approximate surface area is 274 Å². The molecule has 4 rings (SSSR count). The number of halogens is 6. The maximum atomic E-state index is 13.6. The summed E-state index contributed by atoms with van der Waals surface area (Å²) in [5.41, 5.74) is -1.27. The molecule has 1 fully saturated rings. The second-order valence-corrected chi connectivity index (χ2v) is 13.1. The summed E-state index contributed by atoms with van der Waals surface area (Å²) in [6, 6.07) is 5.01. The van der Waals surface area contributed by atoms with E-state index in [1.165, 1.54) is 25.0 Å². The molecule has 0 unspecified atom stereocenters. The fourth-order valence-electron chi connectivity index (χ4n) is 6.04. The first-order chi connectivity index (χ1) is 22.2. The van der Waals surface area contributed by atoms with Crippen molar-refractivity contribution in [2.45, 2.75) is 84.5 Å². The Balaban J connectivity index is 1.69. The molecule has 2 amide bonds. The maximum absolute atomic E-state index is 13.6. The lowest BCUT2D eigenvalue weighted by molar-refractivity contribution is -0.146.